The third-order valence-corrected chi connectivity index (χ3v) is 2.28. The number of rotatable bonds is 3. The molecule has 0 unspecified atom stereocenters. The van der Waals surface area contributed by atoms with Crippen molar-refractivity contribution in [2.75, 3.05) is 13.7 Å². The van der Waals surface area contributed by atoms with Crippen LogP contribution < -0.4 is 16.2 Å². The first-order valence-corrected chi connectivity index (χ1v) is 4.50. The van der Waals surface area contributed by atoms with Gasteiger partial charge < -0.3 is 21.3 Å². The first-order chi connectivity index (χ1) is 6.61. The van der Waals surface area contributed by atoms with Crippen LogP contribution in [0.3, 0.4) is 0 Å². The zero-order valence-corrected chi connectivity index (χ0v) is 9.81. The molecule has 0 aliphatic rings. The smallest absolute Gasteiger partial charge is 0.142 e. The third kappa shape index (κ3) is 2.89. The van der Waals surface area contributed by atoms with E-state index in [2.05, 4.69) is 0 Å². The number of phenols is 1. The fourth-order valence-corrected chi connectivity index (χ4v) is 1.38. The van der Waals surface area contributed by atoms with Gasteiger partial charge in [0.05, 0.1) is 17.7 Å². The molecule has 0 amide bonds. The largest absolute Gasteiger partial charge is 0.506 e. The SMILES string of the molecule is COc1ccc(Cl)c(O)c1[C@H](N)CN.Cl. The Morgan fingerprint density at radius 3 is 2.60 bits per heavy atom. The average molecular weight is 253 g/mol. The second-order valence-electron chi connectivity index (χ2n) is 2.85. The standard InChI is InChI=1S/C9H13ClN2O2.ClH/c1-14-7-3-2-5(10)9(13)8(7)6(12)4-11;/h2-3,6,13H,4,11-12H2,1H3;1H/t6-;/m1./s1. The molecule has 0 spiro atoms. The van der Waals surface area contributed by atoms with Crippen molar-refractivity contribution in [1.29, 1.82) is 0 Å². The lowest BCUT2D eigenvalue weighted by Gasteiger charge is -2.16. The molecule has 0 saturated carbocycles. The molecular weight excluding hydrogens is 239 g/mol. The molecule has 0 heterocycles. The fourth-order valence-electron chi connectivity index (χ4n) is 1.22. The summed E-state index contributed by atoms with van der Waals surface area (Å²) in [6.07, 6.45) is 0. The van der Waals surface area contributed by atoms with Gasteiger partial charge in [-0.05, 0) is 12.1 Å². The van der Waals surface area contributed by atoms with Gasteiger partial charge in [0, 0.05) is 12.6 Å². The van der Waals surface area contributed by atoms with Crippen LogP contribution in [0.25, 0.3) is 0 Å². The van der Waals surface area contributed by atoms with Crippen LogP contribution in [0.15, 0.2) is 12.1 Å². The van der Waals surface area contributed by atoms with Crippen molar-refractivity contribution in [3.05, 3.63) is 22.7 Å². The van der Waals surface area contributed by atoms with Crippen molar-refractivity contribution in [3.8, 4) is 11.5 Å². The van der Waals surface area contributed by atoms with Gasteiger partial charge in [0.2, 0.25) is 0 Å². The summed E-state index contributed by atoms with van der Waals surface area (Å²) in [6.45, 7) is 0.213. The van der Waals surface area contributed by atoms with Crippen molar-refractivity contribution in [2.45, 2.75) is 6.04 Å². The number of ether oxygens (including phenoxy) is 1. The van der Waals surface area contributed by atoms with Crippen LogP contribution in [-0.2, 0) is 0 Å². The molecule has 1 aromatic carbocycles. The van der Waals surface area contributed by atoms with E-state index in [0.29, 0.717) is 11.3 Å². The van der Waals surface area contributed by atoms with E-state index in [4.69, 9.17) is 27.8 Å². The summed E-state index contributed by atoms with van der Waals surface area (Å²) in [6, 6.07) is 2.71. The fraction of sp³-hybridized carbons (Fsp3) is 0.333. The summed E-state index contributed by atoms with van der Waals surface area (Å²) in [4.78, 5) is 0. The first-order valence-electron chi connectivity index (χ1n) is 4.12. The van der Waals surface area contributed by atoms with E-state index in [1.54, 1.807) is 12.1 Å². The lowest BCUT2D eigenvalue weighted by atomic mass is 10.1. The molecule has 4 nitrogen and oxygen atoms in total. The van der Waals surface area contributed by atoms with Gasteiger partial charge in [-0.2, -0.15) is 0 Å². The van der Waals surface area contributed by atoms with Crippen LogP contribution >= 0.6 is 24.0 Å². The van der Waals surface area contributed by atoms with Gasteiger partial charge in [0.1, 0.15) is 11.5 Å². The minimum atomic E-state index is -0.483. The third-order valence-electron chi connectivity index (χ3n) is 1.97. The van der Waals surface area contributed by atoms with Crippen LogP contribution in [0.1, 0.15) is 11.6 Å². The minimum absolute atomic E-state index is 0. The van der Waals surface area contributed by atoms with Gasteiger partial charge in [-0.15, -0.1) is 12.4 Å². The molecule has 0 aliphatic carbocycles. The molecule has 0 bridgehead atoms. The van der Waals surface area contributed by atoms with Crippen molar-refractivity contribution in [3.63, 3.8) is 0 Å². The topological polar surface area (TPSA) is 81.5 Å². The van der Waals surface area contributed by atoms with E-state index in [1.165, 1.54) is 7.11 Å². The number of benzene rings is 1. The molecule has 0 saturated heterocycles. The van der Waals surface area contributed by atoms with E-state index in [1.807, 2.05) is 0 Å². The number of phenolic OH excluding ortho intramolecular Hbond substituents is 1. The maximum absolute atomic E-state index is 9.66. The molecular formula is C9H14Cl2N2O2. The van der Waals surface area contributed by atoms with Gasteiger partial charge in [0.25, 0.3) is 0 Å². The number of halogens is 2. The van der Waals surface area contributed by atoms with Crippen LogP contribution in [0.4, 0.5) is 0 Å². The number of nitrogens with two attached hydrogens (primary N) is 2. The molecule has 1 aromatic rings. The molecule has 0 aromatic heterocycles. The Balaban J connectivity index is 0.00000196. The van der Waals surface area contributed by atoms with Crippen molar-refractivity contribution < 1.29 is 9.84 Å². The lowest BCUT2D eigenvalue weighted by molar-refractivity contribution is 0.394. The first kappa shape index (κ1) is 14.3. The summed E-state index contributed by atoms with van der Waals surface area (Å²) < 4.78 is 5.05. The maximum Gasteiger partial charge on any atom is 0.142 e. The van der Waals surface area contributed by atoms with Crippen LogP contribution in [0, 0.1) is 0 Å². The summed E-state index contributed by atoms with van der Waals surface area (Å²) in [7, 11) is 1.50. The monoisotopic (exact) mass is 252 g/mol. The predicted octanol–water partition coefficient (Wildman–Crippen LogP) is 1.43. The van der Waals surface area contributed by atoms with E-state index >= 15 is 0 Å². The molecule has 1 rings (SSSR count). The summed E-state index contributed by atoms with van der Waals surface area (Å²) in [5.74, 6) is 0.425. The molecule has 15 heavy (non-hydrogen) atoms. The van der Waals surface area contributed by atoms with Gasteiger partial charge in [0.15, 0.2) is 0 Å². The molecule has 0 aliphatic heterocycles. The highest BCUT2D eigenvalue weighted by molar-refractivity contribution is 6.32. The normalized spacial score (nSPS) is 11.7. The quantitative estimate of drug-likeness (QED) is 0.761. The van der Waals surface area contributed by atoms with Gasteiger partial charge >= 0.3 is 0 Å². The van der Waals surface area contributed by atoms with Crippen molar-refractivity contribution in [2.24, 2.45) is 11.5 Å². The number of methoxy groups -OCH3 is 1. The highest BCUT2D eigenvalue weighted by Crippen LogP contribution is 2.37. The number of hydrogen-bond acceptors (Lipinski definition) is 4. The number of hydrogen-bond donors (Lipinski definition) is 3. The van der Waals surface area contributed by atoms with Crippen LogP contribution in [0.2, 0.25) is 5.02 Å². The maximum atomic E-state index is 9.66. The second kappa shape index (κ2) is 6.02. The van der Waals surface area contributed by atoms with Crippen molar-refractivity contribution >= 4 is 24.0 Å². The zero-order chi connectivity index (χ0) is 10.7. The molecule has 0 fully saturated rings. The summed E-state index contributed by atoms with van der Waals surface area (Å²) in [5, 5.41) is 9.90. The summed E-state index contributed by atoms with van der Waals surface area (Å²) >= 11 is 5.74. The molecule has 5 N–H and O–H groups in total. The van der Waals surface area contributed by atoms with Crippen LogP contribution in [0.5, 0.6) is 11.5 Å². The average Bonchev–Trinajstić information content (AvgIpc) is 2.20. The van der Waals surface area contributed by atoms with Crippen molar-refractivity contribution in [1.82, 2.24) is 0 Å². The second-order valence-corrected chi connectivity index (χ2v) is 3.26. The summed E-state index contributed by atoms with van der Waals surface area (Å²) in [5.41, 5.74) is 11.6. The van der Waals surface area contributed by atoms with E-state index in [9.17, 15) is 5.11 Å². The molecule has 86 valence electrons. The molecule has 6 heteroatoms. The Morgan fingerprint density at radius 2 is 2.13 bits per heavy atom. The van der Waals surface area contributed by atoms with Gasteiger partial charge in [-0.1, -0.05) is 11.6 Å². The Hall–Kier alpha value is -0.680. The predicted molar refractivity (Wildman–Crippen MR) is 62.9 cm³/mol. The van der Waals surface area contributed by atoms with E-state index < -0.39 is 6.04 Å². The van der Waals surface area contributed by atoms with E-state index in [0.717, 1.165) is 0 Å². The van der Waals surface area contributed by atoms with Gasteiger partial charge in [-0.25, -0.2) is 0 Å². The Kier molecular flexibility index (Phi) is 5.75. The Labute approximate surface area is 99.6 Å². The number of aromatic hydroxyl groups is 1. The lowest BCUT2D eigenvalue weighted by Crippen LogP contribution is -2.21. The molecule has 0 radical (unpaired) electrons. The Morgan fingerprint density at radius 1 is 1.53 bits per heavy atom. The van der Waals surface area contributed by atoms with Gasteiger partial charge in [-0.3, -0.25) is 0 Å². The molecule has 1 atom stereocenters. The van der Waals surface area contributed by atoms with E-state index in [-0.39, 0.29) is 29.7 Å². The minimum Gasteiger partial charge on any atom is -0.506 e. The highest BCUT2D eigenvalue weighted by Gasteiger charge is 2.17. The zero-order valence-electron chi connectivity index (χ0n) is 8.24. The van der Waals surface area contributed by atoms with Crippen LogP contribution in [-0.4, -0.2) is 18.8 Å². The Bertz CT molecular complexity index is 334. The highest BCUT2D eigenvalue weighted by atomic mass is 35.5.